The number of rotatable bonds is 4. The van der Waals surface area contributed by atoms with E-state index in [1.807, 2.05) is 0 Å². The maximum absolute atomic E-state index is 6.31. The summed E-state index contributed by atoms with van der Waals surface area (Å²) in [4.78, 5) is 0. The third kappa shape index (κ3) is 3.78. The molecular weight excluding hydrogens is 238 g/mol. The van der Waals surface area contributed by atoms with E-state index in [-0.39, 0.29) is 6.04 Å². The summed E-state index contributed by atoms with van der Waals surface area (Å²) < 4.78 is 11.3. The Kier molecular flexibility index (Phi) is 4.97. The van der Waals surface area contributed by atoms with Crippen LogP contribution in [-0.2, 0) is 9.47 Å². The van der Waals surface area contributed by atoms with Gasteiger partial charge in [0, 0.05) is 13.2 Å². The van der Waals surface area contributed by atoms with Gasteiger partial charge in [0.05, 0.1) is 18.8 Å². The molecule has 0 aromatic heterocycles. The van der Waals surface area contributed by atoms with Crippen molar-refractivity contribution in [2.75, 3.05) is 19.8 Å². The van der Waals surface area contributed by atoms with Gasteiger partial charge >= 0.3 is 0 Å². The number of aryl methyl sites for hydroxylation is 3. The molecule has 0 saturated carbocycles. The molecule has 3 heteroatoms. The van der Waals surface area contributed by atoms with E-state index in [4.69, 9.17) is 15.2 Å². The fraction of sp³-hybridized carbons (Fsp3) is 0.625. The Labute approximate surface area is 116 Å². The monoisotopic (exact) mass is 263 g/mol. The van der Waals surface area contributed by atoms with Crippen molar-refractivity contribution < 1.29 is 9.47 Å². The number of hydrogen-bond acceptors (Lipinski definition) is 3. The molecule has 1 aromatic rings. The van der Waals surface area contributed by atoms with Crippen LogP contribution in [0.25, 0.3) is 0 Å². The zero-order valence-electron chi connectivity index (χ0n) is 12.2. The van der Waals surface area contributed by atoms with Crippen LogP contribution >= 0.6 is 0 Å². The lowest BCUT2D eigenvalue weighted by Crippen LogP contribution is -2.28. The van der Waals surface area contributed by atoms with Crippen LogP contribution in [0.5, 0.6) is 0 Å². The first-order valence-corrected chi connectivity index (χ1v) is 7.10. The van der Waals surface area contributed by atoms with Gasteiger partial charge in [0.2, 0.25) is 0 Å². The van der Waals surface area contributed by atoms with Gasteiger partial charge in [-0.1, -0.05) is 17.7 Å². The van der Waals surface area contributed by atoms with Crippen LogP contribution in [0, 0.1) is 20.8 Å². The minimum atomic E-state index is -0.0385. The number of benzene rings is 1. The fourth-order valence-corrected chi connectivity index (χ4v) is 2.94. The van der Waals surface area contributed by atoms with E-state index in [0.29, 0.717) is 12.7 Å². The number of ether oxygens (including phenoxy) is 2. The minimum absolute atomic E-state index is 0.0385. The highest BCUT2D eigenvalue weighted by Gasteiger charge is 2.18. The van der Waals surface area contributed by atoms with Gasteiger partial charge in [-0.05, 0) is 50.3 Å². The van der Waals surface area contributed by atoms with Gasteiger partial charge < -0.3 is 15.2 Å². The summed E-state index contributed by atoms with van der Waals surface area (Å²) in [6.07, 6.45) is 2.28. The second-order valence-electron chi connectivity index (χ2n) is 5.56. The highest BCUT2D eigenvalue weighted by Crippen LogP contribution is 2.23. The standard InChI is InChI=1S/C16H25NO2/c1-11-8-12(2)16(13(3)9-11)15(17)10-19-14-4-6-18-7-5-14/h8-9,14-15H,4-7,10,17H2,1-3H3. The van der Waals surface area contributed by atoms with Gasteiger partial charge in [-0.15, -0.1) is 0 Å². The third-order valence-corrected chi connectivity index (χ3v) is 3.79. The molecule has 1 atom stereocenters. The van der Waals surface area contributed by atoms with Crippen LogP contribution in [0.2, 0.25) is 0 Å². The largest absolute Gasteiger partial charge is 0.381 e. The molecule has 1 aromatic carbocycles. The summed E-state index contributed by atoms with van der Waals surface area (Å²) in [5.74, 6) is 0. The Hall–Kier alpha value is -0.900. The molecule has 0 radical (unpaired) electrons. The van der Waals surface area contributed by atoms with Crippen molar-refractivity contribution >= 4 is 0 Å². The first kappa shape index (κ1) is 14.5. The van der Waals surface area contributed by atoms with Crippen LogP contribution in [-0.4, -0.2) is 25.9 Å². The highest BCUT2D eigenvalue weighted by atomic mass is 16.5. The van der Waals surface area contributed by atoms with Crippen molar-refractivity contribution in [3.05, 3.63) is 34.4 Å². The van der Waals surface area contributed by atoms with Crippen LogP contribution in [0.3, 0.4) is 0 Å². The lowest BCUT2D eigenvalue weighted by atomic mass is 9.95. The average Bonchev–Trinajstić information content (AvgIpc) is 2.36. The van der Waals surface area contributed by atoms with Crippen molar-refractivity contribution in [3.63, 3.8) is 0 Å². The lowest BCUT2D eigenvalue weighted by Gasteiger charge is -2.25. The number of nitrogens with two attached hydrogens (primary N) is 1. The van der Waals surface area contributed by atoms with E-state index in [1.54, 1.807) is 0 Å². The van der Waals surface area contributed by atoms with E-state index in [1.165, 1.54) is 22.3 Å². The van der Waals surface area contributed by atoms with Crippen LogP contribution in [0.4, 0.5) is 0 Å². The summed E-state index contributed by atoms with van der Waals surface area (Å²) in [6, 6.07) is 4.34. The second kappa shape index (κ2) is 6.51. The zero-order valence-corrected chi connectivity index (χ0v) is 12.2. The molecule has 0 amide bonds. The molecular formula is C16H25NO2. The Bertz CT molecular complexity index is 402. The first-order valence-electron chi connectivity index (χ1n) is 7.10. The van der Waals surface area contributed by atoms with E-state index in [2.05, 4.69) is 32.9 Å². The zero-order chi connectivity index (χ0) is 13.8. The van der Waals surface area contributed by atoms with Crippen LogP contribution in [0.15, 0.2) is 12.1 Å². The van der Waals surface area contributed by atoms with Crippen molar-refractivity contribution in [1.29, 1.82) is 0 Å². The van der Waals surface area contributed by atoms with E-state index in [0.717, 1.165) is 26.1 Å². The molecule has 0 bridgehead atoms. The molecule has 1 aliphatic rings. The summed E-state index contributed by atoms with van der Waals surface area (Å²) in [5.41, 5.74) is 11.4. The van der Waals surface area contributed by atoms with Crippen molar-refractivity contribution in [2.45, 2.75) is 45.8 Å². The first-order chi connectivity index (χ1) is 9.08. The van der Waals surface area contributed by atoms with Gasteiger partial charge in [0.1, 0.15) is 0 Å². The smallest absolute Gasteiger partial charge is 0.0663 e. The van der Waals surface area contributed by atoms with Crippen LogP contribution in [0.1, 0.15) is 41.1 Å². The second-order valence-corrected chi connectivity index (χ2v) is 5.56. The van der Waals surface area contributed by atoms with Gasteiger partial charge in [-0.2, -0.15) is 0 Å². The van der Waals surface area contributed by atoms with E-state index < -0.39 is 0 Å². The Morgan fingerprint density at radius 1 is 1.21 bits per heavy atom. The summed E-state index contributed by atoms with van der Waals surface area (Å²) >= 11 is 0. The maximum Gasteiger partial charge on any atom is 0.0663 e. The molecule has 1 heterocycles. The normalized spacial score (nSPS) is 18.5. The SMILES string of the molecule is Cc1cc(C)c(C(N)COC2CCOCC2)c(C)c1. The van der Waals surface area contributed by atoms with Crippen molar-refractivity contribution in [3.8, 4) is 0 Å². The molecule has 1 fully saturated rings. The van der Waals surface area contributed by atoms with Gasteiger partial charge in [-0.3, -0.25) is 0 Å². The van der Waals surface area contributed by atoms with E-state index >= 15 is 0 Å². The maximum atomic E-state index is 6.31. The highest BCUT2D eigenvalue weighted by molar-refractivity contribution is 5.39. The molecule has 2 N–H and O–H groups in total. The van der Waals surface area contributed by atoms with Gasteiger partial charge in [0.15, 0.2) is 0 Å². The Morgan fingerprint density at radius 3 is 2.37 bits per heavy atom. The van der Waals surface area contributed by atoms with Crippen LogP contribution < -0.4 is 5.73 Å². The molecule has 1 aliphatic heterocycles. The molecule has 106 valence electrons. The number of hydrogen-bond donors (Lipinski definition) is 1. The molecule has 0 spiro atoms. The molecule has 0 aliphatic carbocycles. The molecule has 3 nitrogen and oxygen atoms in total. The predicted molar refractivity (Wildman–Crippen MR) is 77.4 cm³/mol. The average molecular weight is 263 g/mol. The summed E-state index contributed by atoms with van der Waals surface area (Å²) in [7, 11) is 0. The molecule has 2 rings (SSSR count). The topological polar surface area (TPSA) is 44.5 Å². The Morgan fingerprint density at radius 2 is 1.79 bits per heavy atom. The molecule has 19 heavy (non-hydrogen) atoms. The fourth-order valence-electron chi connectivity index (χ4n) is 2.94. The van der Waals surface area contributed by atoms with E-state index in [9.17, 15) is 0 Å². The summed E-state index contributed by atoms with van der Waals surface area (Å²) in [5, 5.41) is 0. The predicted octanol–water partition coefficient (Wildman–Crippen LogP) is 2.81. The molecule has 1 unspecified atom stereocenters. The lowest BCUT2D eigenvalue weighted by molar-refractivity contribution is -0.0358. The quantitative estimate of drug-likeness (QED) is 0.908. The van der Waals surface area contributed by atoms with Gasteiger partial charge in [-0.25, -0.2) is 0 Å². The van der Waals surface area contributed by atoms with Gasteiger partial charge in [0.25, 0.3) is 0 Å². The summed E-state index contributed by atoms with van der Waals surface area (Å²) in [6.45, 7) is 8.58. The third-order valence-electron chi connectivity index (χ3n) is 3.79. The van der Waals surface area contributed by atoms with Crippen molar-refractivity contribution in [1.82, 2.24) is 0 Å². The molecule has 1 saturated heterocycles. The minimum Gasteiger partial charge on any atom is -0.381 e. The van der Waals surface area contributed by atoms with Crippen molar-refractivity contribution in [2.24, 2.45) is 5.73 Å². The Balaban J connectivity index is 1.97.